The van der Waals surface area contributed by atoms with E-state index in [1.54, 1.807) is 50.6 Å². The van der Waals surface area contributed by atoms with E-state index in [0.29, 0.717) is 73.5 Å². The molecule has 2 fully saturated rings. The third-order valence-corrected chi connectivity index (χ3v) is 6.81. The molecule has 1 unspecified atom stereocenters. The fourth-order valence-electron chi connectivity index (χ4n) is 4.79. The Morgan fingerprint density at radius 3 is 2.47 bits per heavy atom. The summed E-state index contributed by atoms with van der Waals surface area (Å²) in [6.07, 6.45) is -0.0827. The smallest absolute Gasteiger partial charge is 0.257 e. The Balaban J connectivity index is 1.14. The zero-order valence-electron chi connectivity index (χ0n) is 20.6. The van der Waals surface area contributed by atoms with Gasteiger partial charge in [-0.2, -0.15) is 0 Å². The highest BCUT2D eigenvalue weighted by Gasteiger charge is 2.30. The summed E-state index contributed by atoms with van der Waals surface area (Å²) in [5.41, 5.74) is 1.11. The number of hydrogen-bond donors (Lipinski definition) is 0. The van der Waals surface area contributed by atoms with Crippen molar-refractivity contribution < 1.29 is 33.3 Å². The van der Waals surface area contributed by atoms with E-state index in [9.17, 15) is 9.59 Å². The van der Waals surface area contributed by atoms with Crippen molar-refractivity contribution in [2.75, 3.05) is 73.4 Å². The van der Waals surface area contributed by atoms with Crippen molar-refractivity contribution in [3.05, 3.63) is 47.5 Å². The van der Waals surface area contributed by atoms with Gasteiger partial charge < -0.3 is 33.5 Å². The Bertz CT molecular complexity index is 1120. The summed E-state index contributed by atoms with van der Waals surface area (Å²) in [5, 5.41) is 0. The van der Waals surface area contributed by atoms with Gasteiger partial charge in [0, 0.05) is 57.4 Å². The number of benzene rings is 2. The van der Waals surface area contributed by atoms with E-state index in [1.165, 1.54) is 0 Å². The van der Waals surface area contributed by atoms with E-state index in [0.717, 1.165) is 13.1 Å². The lowest BCUT2D eigenvalue weighted by molar-refractivity contribution is -0.0400. The number of ether oxygens (including phenoxy) is 5. The van der Waals surface area contributed by atoms with Crippen LogP contribution >= 0.6 is 0 Å². The van der Waals surface area contributed by atoms with Crippen LogP contribution in [0.1, 0.15) is 20.7 Å². The number of nitrogens with zero attached hydrogens (tertiary/aromatic N) is 3. The van der Waals surface area contributed by atoms with Crippen LogP contribution in [-0.2, 0) is 4.74 Å². The highest BCUT2D eigenvalue weighted by atomic mass is 16.7. The van der Waals surface area contributed by atoms with Gasteiger partial charge in [-0.25, -0.2) is 0 Å². The van der Waals surface area contributed by atoms with Gasteiger partial charge in [-0.1, -0.05) is 0 Å². The first-order valence-electron chi connectivity index (χ1n) is 12.1. The van der Waals surface area contributed by atoms with E-state index in [4.69, 9.17) is 23.7 Å². The fraction of sp³-hybridized carbons (Fsp3) is 0.462. The average molecular weight is 498 g/mol. The summed E-state index contributed by atoms with van der Waals surface area (Å²) < 4.78 is 27.4. The number of amides is 2. The molecule has 2 saturated heterocycles. The molecular formula is C26H31N3O7. The van der Waals surface area contributed by atoms with Crippen molar-refractivity contribution in [1.29, 1.82) is 0 Å². The summed E-state index contributed by atoms with van der Waals surface area (Å²) in [6.45, 7) is 5.15. The van der Waals surface area contributed by atoms with Crippen LogP contribution in [0.25, 0.3) is 0 Å². The largest absolute Gasteiger partial charge is 0.497 e. The van der Waals surface area contributed by atoms with Crippen molar-refractivity contribution in [2.45, 2.75) is 6.10 Å². The van der Waals surface area contributed by atoms with Gasteiger partial charge in [0.2, 0.25) is 6.79 Å². The van der Waals surface area contributed by atoms with Crippen molar-refractivity contribution in [3.8, 4) is 23.0 Å². The molecule has 36 heavy (non-hydrogen) atoms. The number of hydrogen-bond acceptors (Lipinski definition) is 8. The topological polar surface area (TPSA) is 90.0 Å². The molecule has 0 N–H and O–H groups in total. The van der Waals surface area contributed by atoms with Crippen LogP contribution in [0.15, 0.2) is 36.4 Å². The molecule has 0 bridgehead atoms. The predicted octanol–water partition coefficient (Wildman–Crippen LogP) is 1.73. The first kappa shape index (κ1) is 24.2. The molecular weight excluding hydrogens is 466 g/mol. The zero-order chi connectivity index (χ0) is 25.1. The monoisotopic (exact) mass is 497 g/mol. The lowest BCUT2D eigenvalue weighted by Gasteiger charge is -2.39. The van der Waals surface area contributed by atoms with Crippen LogP contribution in [0.2, 0.25) is 0 Å². The molecule has 0 aromatic heterocycles. The van der Waals surface area contributed by atoms with Gasteiger partial charge in [0.05, 0.1) is 32.5 Å². The summed E-state index contributed by atoms with van der Waals surface area (Å²) >= 11 is 0. The molecule has 0 spiro atoms. The van der Waals surface area contributed by atoms with Crippen molar-refractivity contribution in [3.63, 3.8) is 0 Å². The SMILES string of the molecule is COc1ccc(C(=O)N2CCN(CC3CN(C(=O)c4ccc5c(c4)OCO5)CCO3)CC2)c(OC)c1. The van der Waals surface area contributed by atoms with Gasteiger partial charge >= 0.3 is 0 Å². The third kappa shape index (κ3) is 5.05. The second-order valence-electron chi connectivity index (χ2n) is 8.97. The van der Waals surface area contributed by atoms with E-state index in [-0.39, 0.29) is 24.7 Å². The molecule has 3 heterocycles. The predicted molar refractivity (Wildman–Crippen MR) is 130 cm³/mol. The summed E-state index contributed by atoms with van der Waals surface area (Å²) in [7, 11) is 3.13. The molecule has 2 aromatic carbocycles. The maximum absolute atomic E-state index is 13.1. The number of rotatable bonds is 6. The van der Waals surface area contributed by atoms with Gasteiger partial charge in [-0.05, 0) is 30.3 Å². The second-order valence-corrected chi connectivity index (χ2v) is 8.97. The van der Waals surface area contributed by atoms with Crippen LogP contribution in [0, 0.1) is 0 Å². The van der Waals surface area contributed by atoms with Gasteiger partial charge in [-0.3, -0.25) is 14.5 Å². The van der Waals surface area contributed by atoms with Crippen LogP contribution in [0.5, 0.6) is 23.0 Å². The minimum atomic E-state index is -0.0827. The van der Waals surface area contributed by atoms with Gasteiger partial charge in [-0.15, -0.1) is 0 Å². The standard InChI is InChI=1S/C26H31N3O7/c1-32-19-4-5-21(23(14-19)33-2)26(31)28-9-7-27(8-10-28)15-20-16-29(11-12-34-20)25(30)18-3-6-22-24(13-18)36-17-35-22/h3-6,13-14,20H,7-12,15-17H2,1-2H3. The van der Waals surface area contributed by atoms with Crippen molar-refractivity contribution in [1.82, 2.24) is 14.7 Å². The van der Waals surface area contributed by atoms with Crippen LogP contribution in [0.4, 0.5) is 0 Å². The molecule has 10 nitrogen and oxygen atoms in total. The minimum Gasteiger partial charge on any atom is -0.497 e. The van der Waals surface area contributed by atoms with Gasteiger partial charge in [0.1, 0.15) is 11.5 Å². The zero-order valence-corrected chi connectivity index (χ0v) is 20.6. The minimum absolute atomic E-state index is 0.0366. The highest BCUT2D eigenvalue weighted by molar-refractivity contribution is 5.97. The average Bonchev–Trinajstić information content (AvgIpc) is 3.40. The number of piperazine rings is 1. The molecule has 10 heteroatoms. The number of carbonyl (C=O) groups excluding carboxylic acids is 2. The molecule has 3 aliphatic rings. The van der Waals surface area contributed by atoms with Gasteiger partial charge in [0.15, 0.2) is 11.5 Å². The van der Waals surface area contributed by atoms with Crippen molar-refractivity contribution in [2.24, 2.45) is 0 Å². The maximum atomic E-state index is 13.1. The van der Waals surface area contributed by atoms with E-state index in [2.05, 4.69) is 4.90 Å². The van der Waals surface area contributed by atoms with E-state index >= 15 is 0 Å². The summed E-state index contributed by atoms with van der Waals surface area (Å²) in [4.78, 5) is 32.1. The normalized spacial score (nSPS) is 19.8. The summed E-state index contributed by atoms with van der Waals surface area (Å²) in [5.74, 6) is 2.32. The molecule has 2 aromatic rings. The number of morpholine rings is 1. The molecule has 1 atom stereocenters. The third-order valence-electron chi connectivity index (χ3n) is 6.81. The fourth-order valence-corrected chi connectivity index (χ4v) is 4.79. The molecule has 5 rings (SSSR count). The maximum Gasteiger partial charge on any atom is 0.257 e. The lowest BCUT2D eigenvalue weighted by Crippen LogP contribution is -2.54. The molecule has 192 valence electrons. The Hall–Kier alpha value is -3.50. The molecule has 2 amide bonds. The number of carbonyl (C=O) groups is 2. The van der Waals surface area contributed by atoms with Crippen molar-refractivity contribution >= 4 is 11.8 Å². The van der Waals surface area contributed by atoms with E-state index in [1.807, 2.05) is 9.80 Å². The quantitative estimate of drug-likeness (QED) is 0.596. The number of methoxy groups -OCH3 is 2. The molecule has 0 aliphatic carbocycles. The van der Waals surface area contributed by atoms with Crippen LogP contribution < -0.4 is 18.9 Å². The second kappa shape index (κ2) is 10.6. The first-order chi connectivity index (χ1) is 17.6. The first-order valence-corrected chi connectivity index (χ1v) is 12.1. The van der Waals surface area contributed by atoms with Crippen LogP contribution in [-0.4, -0.2) is 106 Å². The number of fused-ring (bicyclic) bond motifs is 1. The Morgan fingerprint density at radius 1 is 0.889 bits per heavy atom. The van der Waals surface area contributed by atoms with Gasteiger partial charge in [0.25, 0.3) is 11.8 Å². The van der Waals surface area contributed by atoms with E-state index < -0.39 is 0 Å². The lowest BCUT2D eigenvalue weighted by atomic mass is 10.1. The Labute approximate surface area is 210 Å². The highest BCUT2D eigenvalue weighted by Crippen LogP contribution is 2.33. The summed E-state index contributed by atoms with van der Waals surface area (Å²) in [6, 6.07) is 10.5. The Morgan fingerprint density at radius 2 is 1.69 bits per heavy atom. The van der Waals surface area contributed by atoms with Crippen LogP contribution in [0.3, 0.4) is 0 Å². The molecule has 0 saturated carbocycles. The molecule has 3 aliphatic heterocycles. The Kier molecular flexibility index (Phi) is 7.15. The molecule has 0 radical (unpaired) electrons.